The zero-order valence-electron chi connectivity index (χ0n) is 17.1. The van der Waals surface area contributed by atoms with Crippen molar-refractivity contribution in [1.29, 1.82) is 0 Å². The molecule has 0 spiro atoms. The van der Waals surface area contributed by atoms with E-state index in [0.29, 0.717) is 0 Å². The lowest BCUT2D eigenvalue weighted by Crippen LogP contribution is -2.28. The number of thioether (sulfide) groups is 2. The Kier molecular flexibility index (Phi) is 5.88. The first-order valence-electron chi connectivity index (χ1n) is 9.97. The molecule has 0 radical (unpaired) electrons. The fourth-order valence-electron chi connectivity index (χ4n) is 3.75. The van der Waals surface area contributed by atoms with Crippen LogP contribution in [0.25, 0.3) is 16.9 Å². The third-order valence-electron chi connectivity index (χ3n) is 5.34. The smallest absolute Gasteiger partial charge is 0.166 e. The molecule has 6 heteroatoms. The van der Waals surface area contributed by atoms with Crippen LogP contribution in [0.4, 0.5) is 5.82 Å². The van der Waals surface area contributed by atoms with Gasteiger partial charge in [0.2, 0.25) is 0 Å². The van der Waals surface area contributed by atoms with E-state index >= 15 is 0 Å². The minimum Gasteiger partial charge on any atom is -0.355 e. The van der Waals surface area contributed by atoms with Gasteiger partial charge in [0.1, 0.15) is 16.5 Å². The van der Waals surface area contributed by atoms with Gasteiger partial charge in [-0.3, -0.25) is 9.38 Å². The Morgan fingerprint density at radius 1 is 1.21 bits per heavy atom. The normalized spacial score (nSPS) is 14.0. The Morgan fingerprint density at radius 3 is 2.68 bits per heavy atom. The van der Waals surface area contributed by atoms with Gasteiger partial charge in [-0.25, -0.2) is 4.98 Å². The fraction of sp³-hybridized carbons (Fsp3) is 0.455. The molecule has 0 unspecified atom stereocenters. The minimum atomic E-state index is 0.842. The van der Waals surface area contributed by atoms with Crippen LogP contribution in [0.15, 0.2) is 40.5 Å². The predicted molar refractivity (Wildman–Crippen MR) is 122 cm³/mol. The van der Waals surface area contributed by atoms with Crippen molar-refractivity contribution >= 4 is 35.0 Å². The lowest BCUT2D eigenvalue weighted by atomic mass is 10.1. The largest absolute Gasteiger partial charge is 0.355 e. The summed E-state index contributed by atoms with van der Waals surface area (Å²) in [6.07, 6.45) is 12.1. The molecule has 4 nitrogen and oxygen atoms in total. The molecule has 4 rings (SSSR count). The number of aromatic nitrogens is 3. The van der Waals surface area contributed by atoms with Crippen LogP contribution in [0.2, 0.25) is 0 Å². The molecule has 1 aliphatic carbocycles. The van der Waals surface area contributed by atoms with Gasteiger partial charge in [0.05, 0.1) is 0 Å². The van der Waals surface area contributed by atoms with E-state index in [9.17, 15) is 0 Å². The third kappa shape index (κ3) is 3.77. The number of hydrogen-bond donors (Lipinski definition) is 0. The van der Waals surface area contributed by atoms with E-state index in [0.717, 1.165) is 47.4 Å². The van der Waals surface area contributed by atoms with Crippen LogP contribution in [0.1, 0.15) is 31.7 Å². The number of rotatable bonds is 8. The Bertz CT molecular complexity index is 978. The SMILES string of the molecule is CCCN(CC1CC1)c1c(SC)nc2c(-c3ccc(SC)cc3C)nccn12. The first kappa shape index (κ1) is 19.6. The van der Waals surface area contributed by atoms with E-state index < -0.39 is 0 Å². The number of fused-ring (bicyclic) bond motifs is 1. The second-order valence-corrected chi connectivity index (χ2v) is 9.16. The van der Waals surface area contributed by atoms with Crippen LogP contribution in [-0.4, -0.2) is 40.0 Å². The number of aryl methyl sites for hydroxylation is 1. The van der Waals surface area contributed by atoms with Crippen molar-refractivity contribution in [3.8, 4) is 11.3 Å². The molecule has 0 bridgehead atoms. The molecular weight excluding hydrogens is 384 g/mol. The lowest BCUT2D eigenvalue weighted by molar-refractivity contribution is 0.690. The number of hydrogen-bond acceptors (Lipinski definition) is 5. The summed E-state index contributed by atoms with van der Waals surface area (Å²) in [5.74, 6) is 2.08. The molecule has 0 amide bonds. The first-order valence-corrected chi connectivity index (χ1v) is 12.4. The average molecular weight is 413 g/mol. The summed E-state index contributed by atoms with van der Waals surface area (Å²) >= 11 is 3.50. The van der Waals surface area contributed by atoms with Crippen molar-refractivity contribution in [2.75, 3.05) is 30.5 Å². The minimum absolute atomic E-state index is 0.842. The van der Waals surface area contributed by atoms with E-state index in [-0.39, 0.29) is 0 Å². The summed E-state index contributed by atoms with van der Waals surface area (Å²) in [4.78, 5) is 13.6. The Labute approximate surface area is 176 Å². The molecule has 1 aliphatic rings. The van der Waals surface area contributed by atoms with Gasteiger partial charge in [-0.05, 0) is 62.3 Å². The second kappa shape index (κ2) is 8.37. The highest BCUT2D eigenvalue weighted by molar-refractivity contribution is 7.98. The first-order chi connectivity index (χ1) is 13.7. The highest BCUT2D eigenvalue weighted by Gasteiger charge is 2.28. The van der Waals surface area contributed by atoms with Gasteiger partial charge in [-0.15, -0.1) is 23.5 Å². The summed E-state index contributed by atoms with van der Waals surface area (Å²) in [5.41, 5.74) is 4.33. The van der Waals surface area contributed by atoms with Crippen molar-refractivity contribution < 1.29 is 0 Å². The van der Waals surface area contributed by atoms with E-state index in [1.54, 1.807) is 23.5 Å². The maximum atomic E-state index is 5.04. The van der Waals surface area contributed by atoms with Crippen molar-refractivity contribution in [3.63, 3.8) is 0 Å². The molecule has 2 heterocycles. The molecule has 148 valence electrons. The van der Waals surface area contributed by atoms with Crippen LogP contribution < -0.4 is 4.90 Å². The van der Waals surface area contributed by atoms with E-state index in [1.165, 1.54) is 29.1 Å². The van der Waals surface area contributed by atoms with E-state index in [1.807, 2.05) is 6.20 Å². The Hall–Kier alpha value is -1.66. The van der Waals surface area contributed by atoms with Gasteiger partial charge in [0.15, 0.2) is 5.65 Å². The van der Waals surface area contributed by atoms with Gasteiger partial charge >= 0.3 is 0 Å². The van der Waals surface area contributed by atoms with Gasteiger partial charge in [-0.2, -0.15) is 0 Å². The molecule has 0 aliphatic heterocycles. The summed E-state index contributed by atoms with van der Waals surface area (Å²) in [5, 5.41) is 1.10. The molecule has 1 saturated carbocycles. The molecule has 0 atom stereocenters. The molecular formula is C22H28N4S2. The molecule has 3 aromatic rings. The van der Waals surface area contributed by atoms with Crippen LogP contribution in [0, 0.1) is 12.8 Å². The van der Waals surface area contributed by atoms with Gasteiger partial charge in [0.25, 0.3) is 0 Å². The van der Waals surface area contributed by atoms with Crippen molar-refractivity contribution in [2.45, 2.75) is 43.0 Å². The summed E-state index contributed by atoms with van der Waals surface area (Å²) in [6.45, 7) is 6.62. The maximum absolute atomic E-state index is 5.04. The monoisotopic (exact) mass is 412 g/mol. The van der Waals surface area contributed by atoms with Crippen molar-refractivity contribution in [3.05, 3.63) is 36.2 Å². The van der Waals surface area contributed by atoms with E-state index in [4.69, 9.17) is 9.97 Å². The molecule has 28 heavy (non-hydrogen) atoms. The van der Waals surface area contributed by atoms with Gasteiger partial charge in [-0.1, -0.05) is 13.0 Å². The summed E-state index contributed by atoms with van der Waals surface area (Å²) in [7, 11) is 0. The molecule has 1 aromatic carbocycles. The highest BCUT2D eigenvalue weighted by atomic mass is 32.2. The van der Waals surface area contributed by atoms with Crippen LogP contribution in [0.5, 0.6) is 0 Å². The summed E-state index contributed by atoms with van der Waals surface area (Å²) in [6, 6.07) is 6.60. The highest BCUT2D eigenvalue weighted by Crippen LogP contribution is 2.37. The predicted octanol–water partition coefficient (Wildman–Crippen LogP) is 5.77. The topological polar surface area (TPSA) is 33.4 Å². The quantitative estimate of drug-likeness (QED) is 0.438. The molecule has 1 fully saturated rings. The number of benzene rings is 1. The van der Waals surface area contributed by atoms with E-state index in [2.05, 4.69) is 60.1 Å². The second-order valence-electron chi connectivity index (χ2n) is 7.48. The lowest BCUT2D eigenvalue weighted by Gasteiger charge is -2.24. The molecule has 2 aromatic heterocycles. The third-order valence-corrected chi connectivity index (χ3v) is 6.72. The zero-order valence-corrected chi connectivity index (χ0v) is 18.7. The number of imidazole rings is 1. The average Bonchev–Trinajstić information content (AvgIpc) is 3.44. The standard InChI is InChI=1S/C22H28N4S2/c1-5-11-25(14-16-6-7-16)22-21(28-4)24-20-19(23-10-12-26(20)22)18-9-8-17(27-3)13-15(18)2/h8-10,12-13,16H,5-7,11,14H2,1-4H3. The maximum Gasteiger partial charge on any atom is 0.166 e. The Balaban J connectivity index is 1.85. The molecule has 0 N–H and O–H groups in total. The number of nitrogens with zero attached hydrogens (tertiary/aromatic N) is 4. The van der Waals surface area contributed by atoms with Crippen molar-refractivity contribution in [2.24, 2.45) is 5.92 Å². The van der Waals surface area contributed by atoms with Crippen molar-refractivity contribution in [1.82, 2.24) is 14.4 Å². The number of anilines is 1. The van der Waals surface area contributed by atoms with Gasteiger partial charge < -0.3 is 4.90 Å². The zero-order chi connectivity index (χ0) is 19.7. The van der Waals surface area contributed by atoms with Crippen LogP contribution >= 0.6 is 23.5 Å². The molecule has 0 saturated heterocycles. The summed E-state index contributed by atoms with van der Waals surface area (Å²) < 4.78 is 2.26. The fourth-order valence-corrected chi connectivity index (χ4v) is 4.84. The van der Waals surface area contributed by atoms with Crippen LogP contribution in [0.3, 0.4) is 0 Å². The van der Waals surface area contributed by atoms with Crippen LogP contribution in [-0.2, 0) is 0 Å². The van der Waals surface area contributed by atoms with Gasteiger partial charge in [0, 0.05) is 35.9 Å². The Morgan fingerprint density at radius 2 is 2.04 bits per heavy atom.